The lowest BCUT2D eigenvalue weighted by molar-refractivity contribution is -0.134. The topological polar surface area (TPSA) is 102 Å². The van der Waals surface area contributed by atoms with Crippen molar-refractivity contribution in [1.29, 1.82) is 0 Å². The van der Waals surface area contributed by atoms with Gasteiger partial charge in [-0.1, -0.05) is 56.7 Å². The van der Waals surface area contributed by atoms with Crippen LogP contribution in [0.25, 0.3) is 10.8 Å². The molecule has 0 radical (unpaired) electrons. The SMILES string of the molecule is CCNCCCCC(C)SCc1cccc(N2CCN(CCCc3ccc(N(C)C4CCC(=O)NC4=O)c4c(C=O)cccc34)C2=O)c1. The molecule has 2 unspecified atom stereocenters. The number of likely N-dealkylation sites (N-methyl/N-ethyl adjacent to an activating group) is 1. The summed E-state index contributed by atoms with van der Waals surface area (Å²) in [5.74, 6) is 0.365. The van der Waals surface area contributed by atoms with Gasteiger partial charge in [0.15, 0.2) is 6.29 Å². The van der Waals surface area contributed by atoms with Crippen LogP contribution in [-0.4, -0.2) is 80.1 Å². The van der Waals surface area contributed by atoms with Crippen LogP contribution in [-0.2, 0) is 21.8 Å². The van der Waals surface area contributed by atoms with E-state index in [1.807, 2.05) is 57.8 Å². The molecule has 2 heterocycles. The standard InChI is InChI=1S/C38H49N5O4S/c1-4-39-20-6-5-10-27(2)48-26-28-11-7-14-31(24-28)43-23-22-42(38(43)47)21-9-13-29-16-17-33(36-30(25-44)12-8-15-32(29)36)41(3)34-18-19-35(45)40-37(34)46/h7-8,11-12,14-17,24-25,27,34,39H,4-6,9-10,13,18-23,26H2,1-3H3,(H,40,45,46). The summed E-state index contributed by atoms with van der Waals surface area (Å²) < 4.78 is 0. The van der Waals surface area contributed by atoms with Gasteiger partial charge in [-0.15, -0.1) is 0 Å². The molecule has 2 N–H and O–H groups in total. The van der Waals surface area contributed by atoms with Crippen molar-refractivity contribution in [2.75, 3.05) is 49.6 Å². The number of carbonyl (C=O) groups excluding carboxylic acids is 4. The summed E-state index contributed by atoms with van der Waals surface area (Å²) >= 11 is 1.98. The zero-order valence-corrected chi connectivity index (χ0v) is 29.3. The van der Waals surface area contributed by atoms with Gasteiger partial charge in [-0.2, -0.15) is 11.8 Å². The molecular weight excluding hydrogens is 623 g/mol. The number of aldehydes is 1. The van der Waals surface area contributed by atoms with Gasteiger partial charge in [0.25, 0.3) is 0 Å². The Morgan fingerprint density at radius 3 is 2.69 bits per heavy atom. The summed E-state index contributed by atoms with van der Waals surface area (Å²) in [4.78, 5) is 55.6. The summed E-state index contributed by atoms with van der Waals surface area (Å²) in [5, 5.41) is 8.19. The molecule has 0 saturated carbocycles. The fourth-order valence-corrected chi connectivity index (χ4v) is 7.78. The largest absolute Gasteiger partial charge is 0.362 e. The number of anilines is 2. The van der Waals surface area contributed by atoms with Crippen LogP contribution in [0.4, 0.5) is 16.2 Å². The third-order valence-corrected chi connectivity index (χ3v) is 10.8. The number of urea groups is 1. The molecular formula is C38H49N5O4S. The van der Waals surface area contributed by atoms with E-state index in [0.29, 0.717) is 36.9 Å². The monoisotopic (exact) mass is 671 g/mol. The minimum absolute atomic E-state index is 0.0446. The lowest BCUT2D eigenvalue weighted by atomic mass is 9.94. The molecule has 2 aliphatic heterocycles. The number of hydrogen-bond acceptors (Lipinski definition) is 7. The number of nitrogens with one attached hydrogen (secondary N) is 2. The first-order valence-corrected chi connectivity index (χ1v) is 18.4. The van der Waals surface area contributed by atoms with E-state index >= 15 is 0 Å². The Morgan fingerprint density at radius 1 is 1.06 bits per heavy atom. The molecule has 3 aromatic carbocycles. The smallest absolute Gasteiger partial charge is 0.324 e. The number of amides is 4. The number of rotatable bonds is 17. The van der Waals surface area contributed by atoms with Gasteiger partial charge in [0.2, 0.25) is 11.8 Å². The molecule has 5 rings (SSSR count). The van der Waals surface area contributed by atoms with Crippen molar-refractivity contribution in [1.82, 2.24) is 15.5 Å². The van der Waals surface area contributed by atoms with Gasteiger partial charge in [0.05, 0.1) is 0 Å². The number of fused-ring (bicyclic) bond motifs is 1. The molecule has 10 heteroatoms. The Morgan fingerprint density at radius 2 is 1.90 bits per heavy atom. The second kappa shape index (κ2) is 17.0. The maximum absolute atomic E-state index is 13.5. The van der Waals surface area contributed by atoms with Gasteiger partial charge in [-0.25, -0.2) is 4.79 Å². The number of thioether (sulfide) groups is 1. The van der Waals surface area contributed by atoms with Gasteiger partial charge in [0.1, 0.15) is 6.04 Å². The molecule has 3 aromatic rings. The van der Waals surface area contributed by atoms with Gasteiger partial charge in [-0.05, 0) is 79.9 Å². The molecule has 2 fully saturated rings. The second-order valence-corrected chi connectivity index (χ2v) is 14.3. The van der Waals surface area contributed by atoms with Gasteiger partial charge in [-0.3, -0.25) is 24.6 Å². The van der Waals surface area contributed by atoms with Crippen molar-refractivity contribution in [2.24, 2.45) is 0 Å². The Balaban J connectivity index is 1.18. The maximum atomic E-state index is 13.5. The van der Waals surface area contributed by atoms with Gasteiger partial charge < -0.3 is 15.1 Å². The van der Waals surface area contributed by atoms with Crippen molar-refractivity contribution in [3.63, 3.8) is 0 Å². The van der Waals surface area contributed by atoms with Crippen LogP contribution < -0.4 is 20.4 Å². The molecule has 0 spiro atoms. The van der Waals surface area contributed by atoms with E-state index < -0.39 is 6.04 Å². The molecule has 2 aliphatic rings. The quantitative estimate of drug-likeness (QED) is 0.101. The van der Waals surface area contributed by atoms with E-state index in [1.165, 1.54) is 24.8 Å². The average molecular weight is 672 g/mol. The molecule has 0 aromatic heterocycles. The summed E-state index contributed by atoms with van der Waals surface area (Å²) in [6, 6.07) is 17.7. The zero-order chi connectivity index (χ0) is 34.0. The summed E-state index contributed by atoms with van der Waals surface area (Å²) in [6.07, 6.45) is 6.76. The predicted molar refractivity (Wildman–Crippen MR) is 196 cm³/mol. The van der Waals surface area contributed by atoms with E-state index in [-0.39, 0.29) is 24.3 Å². The molecule has 4 amide bonds. The third-order valence-electron chi connectivity index (χ3n) is 9.52. The van der Waals surface area contributed by atoms with Crippen molar-refractivity contribution in [2.45, 2.75) is 75.8 Å². The molecule has 2 atom stereocenters. The van der Waals surface area contributed by atoms with Crippen molar-refractivity contribution >= 4 is 58.0 Å². The first-order chi connectivity index (χ1) is 23.3. The Hall–Kier alpha value is -3.89. The Kier molecular flexibility index (Phi) is 12.5. The van der Waals surface area contributed by atoms with Crippen molar-refractivity contribution in [3.8, 4) is 0 Å². The van der Waals surface area contributed by atoms with Crippen LogP contribution in [0.3, 0.4) is 0 Å². The van der Waals surface area contributed by atoms with E-state index in [1.54, 1.807) is 6.07 Å². The summed E-state index contributed by atoms with van der Waals surface area (Å²) in [5.41, 5.74) is 4.64. The van der Waals surface area contributed by atoms with Crippen molar-refractivity contribution in [3.05, 3.63) is 71.3 Å². The van der Waals surface area contributed by atoms with Gasteiger partial charge >= 0.3 is 6.03 Å². The van der Waals surface area contributed by atoms with E-state index in [9.17, 15) is 19.2 Å². The first-order valence-electron chi connectivity index (χ1n) is 17.3. The van der Waals surface area contributed by atoms with Crippen LogP contribution in [0.15, 0.2) is 54.6 Å². The Labute approximate surface area is 288 Å². The van der Waals surface area contributed by atoms with Gasteiger partial charge in [0, 0.05) is 66.4 Å². The van der Waals surface area contributed by atoms with E-state index in [4.69, 9.17) is 0 Å². The fourth-order valence-electron chi connectivity index (χ4n) is 6.79. The lowest BCUT2D eigenvalue weighted by Crippen LogP contribution is -2.51. The normalized spacial score (nSPS) is 17.2. The molecule has 9 nitrogen and oxygen atoms in total. The number of imide groups is 1. The highest BCUT2D eigenvalue weighted by atomic mass is 32.2. The highest BCUT2D eigenvalue weighted by Gasteiger charge is 2.32. The average Bonchev–Trinajstić information content (AvgIpc) is 3.46. The minimum atomic E-state index is -0.494. The van der Waals surface area contributed by atoms with Crippen LogP contribution in [0.5, 0.6) is 0 Å². The predicted octanol–water partition coefficient (Wildman–Crippen LogP) is 6.17. The summed E-state index contributed by atoms with van der Waals surface area (Å²) in [7, 11) is 1.84. The van der Waals surface area contributed by atoms with Crippen LogP contribution in [0.2, 0.25) is 0 Å². The fraction of sp³-hybridized carbons (Fsp3) is 0.474. The number of carbonyl (C=O) groups is 4. The molecule has 256 valence electrons. The highest BCUT2D eigenvalue weighted by Crippen LogP contribution is 2.34. The zero-order valence-electron chi connectivity index (χ0n) is 28.5. The lowest BCUT2D eigenvalue weighted by Gasteiger charge is -2.32. The Bertz CT molecular complexity index is 1610. The third kappa shape index (κ3) is 8.57. The summed E-state index contributed by atoms with van der Waals surface area (Å²) in [6.45, 7) is 8.57. The molecule has 2 saturated heterocycles. The molecule has 0 bridgehead atoms. The maximum Gasteiger partial charge on any atom is 0.324 e. The highest BCUT2D eigenvalue weighted by molar-refractivity contribution is 7.99. The first kappa shape index (κ1) is 35.4. The van der Waals surface area contributed by atoms with Crippen LogP contribution in [0.1, 0.15) is 73.9 Å². The number of nitrogens with zero attached hydrogens (tertiary/aromatic N) is 3. The molecule has 0 aliphatic carbocycles. The van der Waals surface area contributed by atoms with Crippen LogP contribution >= 0.6 is 11.8 Å². The minimum Gasteiger partial charge on any atom is -0.362 e. The van der Waals surface area contributed by atoms with Crippen LogP contribution in [0, 0.1) is 0 Å². The molecule has 48 heavy (non-hydrogen) atoms. The van der Waals surface area contributed by atoms with E-state index in [2.05, 4.69) is 48.7 Å². The van der Waals surface area contributed by atoms with Crippen molar-refractivity contribution < 1.29 is 19.2 Å². The number of benzene rings is 3. The number of piperidine rings is 1. The number of hydrogen-bond donors (Lipinski definition) is 2. The van der Waals surface area contributed by atoms with E-state index in [0.717, 1.165) is 65.7 Å². The number of aryl methyl sites for hydroxylation is 1. The number of unbranched alkanes of at least 4 members (excludes halogenated alkanes) is 1. The second-order valence-electron chi connectivity index (χ2n) is 12.9.